The summed E-state index contributed by atoms with van der Waals surface area (Å²) in [6.07, 6.45) is 1.55. The van der Waals surface area contributed by atoms with Crippen LogP contribution in [0, 0.1) is 0 Å². The third-order valence-corrected chi connectivity index (χ3v) is 1.35. The summed E-state index contributed by atoms with van der Waals surface area (Å²) < 4.78 is 0. The third kappa shape index (κ3) is 0.928. The Morgan fingerprint density at radius 3 is 3.14 bits per heavy atom. The first-order valence-electron chi connectivity index (χ1n) is 1.78. The molecule has 0 fully saturated rings. The summed E-state index contributed by atoms with van der Waals surface area (Å²) in [7, 11) is 0. The van der Waals surface area contributed by atoms with E-state index in [0.29, 0.717) is 10.9 Å². The highest BCUT2D eigenvalue weighted by Crippen LogP contribution is 2.07. The molecule has 0 aromatic carbocycles. The Bertz CT molecular complexity index is 117. The van der Waals surface area contributed by atoms with Crippen molar-refractivity contribution in [2.75, 3.05) is 5.88 Å². The summed E-state index contributed by atoms with van der Waals surface area (Å²) in [5.74, 6) is 0.694. The molecular weight excluding hydrogens is 112 g/mol. The molecule has 1 aliphatic rings. The van der Waals surface area contributed by atoms with E-state index in [-0.39, 0.29) is 0 Å². The molecule has 0 bridgehead atoms. The number of rotatable bonds is 0. The van der Waals surface area contributed by atoms with E-state index in [9.17, 15) is 0 Å². The Morgan fingerprint density at radius 1 is 2.00 bits per heavy atom. The van der Waals surface area contributed by atoms with Crippen LogP contribution in [-0.4, -0.2) is 22.3 Å². The average molecular weight is 116 g/mol. The van der Waals surface area contributed by atoms with Gasteiger partial charge in [0, 0.05) is 0 Å². The van der Waals surface area contributed by atoms with Gasteiger partial charge in [-0.05, 0) is 0 Å². The first kappa shape index (κ1) is 4.64. The lowest BCUT2D eigenvalue weighted by Gasteiger charge is -1.78. The molecular formula is C3H4N2OS. The Morgan fingerprint density at radius 2 is 2.86 bits per heavy atom. The molecule has 0 amide bonds. The van der Waals surface area contributed by atoms with Gasteiger partial charge in [0.05, 0.1) is 12.1 Å². The van der Waals surface area contributed by atoms with Crippen LogP contribution < -0.4 is 0 Å². The van der Waals surface area contributed by atoms with E-state index in [4.69, 9.17) is 5.21 Å². The first-order chi connectivity index (χ1) is 3.43. The fourth-order valence-electron chi connectivity index (χ4n) is 0.311. The Hall–Kier alpha value is -0.510. The van der Waals surface area contributed by atoms with Crippen molar-refractivity contribution in [2.24, 2.45) is 10.1 Å². The van der Waals surface area contributed by atoms with E-state index >= 15 is 0 Å². The second-order valence-corrected chi connectivity index (χ2v) is 1.99. The maximum atomic E-state index is 8.04. The van der Waals surface area contributed by atoms with Crippen LogP contribution in [0.4, 0.5) is 0 Å². The van der Waals surface area contributed by atoms with Crippen LogP contribution in [0.2, 0.25) is 0 Å². The minimum Gasteiger partial charge on any atom is -0.410 e. The van der Waals surface area contributed by atoms with E-state index < -0.39 is 0 Å². The van der Waals surface area contributed by atoms with Crippen LogP contribution in [0.5, 0.6) is 0 Å². The van der Waals surface area contributed by atoms with Gasteiger partial charge in [-0.1, -0.05) is 16.9 Å². The molecule has 1 heterocycles. The van der Waals surface area contributed by atoms with Crippen molar-refractivity contribution in [3.63, 3.8) is 0 Å². The number of nitrogens with zero attached hydrogens (tertiary/aromatic N) is 2. The second-order valence-electron chi connectivity index (χ2n) is 1.02. The maximum absolute atomic E-state index is 8.04. The van der Waals surface area contributed by atoms with Crippen LogP contribution in [0.3, 0.4) is 0 Å². The minimum atomic E-state index is 0.597. The highest BCUT2D eigenvalue weighted by molar-refractivity contribution is 8.15. The molecule has 1 aliphatic heterocycles. The smallest absolute Gasteiger partial charge is 0.155 e. The van der Waals surface area contributed by atoms with E-state index in [1.807, 2.05) is 0 Å². The molecule has 1 N–H and O–H groups in total. The molecule has 0 atom stereocenters. The number of thioether (sulfide) groups is 1. The topological polar surface area (TPSA) is 45.0 Å². The average Bonchev–Trinajstić information content (AvgIpc) is 2.14. The van der Waals surface area contributed by atoms with Gasteiger partial charge in [0.15, 0.2) is 5.04 Å². The van der Waals surface area contributed by atoms with E-state index in [1.165, 1.54) is 11.8 Å². The Kier molecular flexibility index (Phi) is 1.31. The summed E-state index contributed by atoms with van der Waals surface area (Å²) >= 11 is 1.42. The van der Waals surface area contributed by atoms with E-state index in [0.717, 1.165) is 0 Å². The van der Waals surface area contributed by atoms with E-state index in [2.05, 4.69) is 10.1 Å². The Labute approximate surface area is 45.1 Å². The first-order valence-corrected chi connectivity index (χ1v) is 2.77. The summed E-state index contributed by atoms with van der Waals surface area (Å²) in [5, 5.41) is 11.6. The Balaban J connectivity index is 2.59. The molecule has 1 rings (SSSR count). The highest BCUT2D eigenvalue weighted by atomic mass is 32.2. The molecule has 0 saturated heterocycles. The molecule has 0 aromatic rings. The van der Waals surface area contributed by atoms with Crippen LogP contribution in [0.1, 0.15) is 0 Å². The van der Waals surface area contributed by atoms with Gasteiger partial charge < -0.3 is 5.21 Å². The van der Waals surface area contributed by atoms with Crippen molar-refractivity contribution in [1.82, 2.24) is 0 Å². The number of oxime groups is 1. The van der Waals surface area contributed by atoms with Gasteiger partial charge in [-0.2, -0.15) is 0 Å². The lowest BCUT2D eigenvalue weighted by molar-refractivity contribution is 0.322. The summed E-state index contributed by atoms with van der Waals surface area (Å²) in [4.78, 5) is 3.78. The van der Waals surface area contributed by atoms with Gasteiger partial charge in [-0.25, -0.2) is 0 Å². The van der Waals surface area contributed by atoms with Crippen molar-refractivity contribution < 1.29 is 5.21 Å². The molecule has 4 heteroatoms. The molecule has 0 aromatic heterocycles. The van der Waals surface area contributed by atoms with Crippen molar-refractivity contribution >= 4 is 23.0 Å². The maximum Gasteiger partial charge on any atom is 0.155 e. The zero-order chi connectivity index (χ0) is 5.11. The van der Waals surface area contributed by atoms with Crippen LogP contribution >= 0.6 is 11.8 Å². The highest BCUT2D eigenvalue weighted by Gasteiger charge is 2.00. The van der Waals surface area contributed by atoms with E-state index in [1.54, 1.807) is 6.21 Å². The SMILES string of the molecule is ON=C1C=NCS1. The van der Waals surface area contributed by atoms with Crippen LogP contribution in [0.25, 0.3) is 0 Å². The monoisotopic (exact) mass is 116 g/mol. The molecule has 0 unspecified atom stereocenters. The summed E-state index contributed by atoms with van der Waals surface area (Å²) in [6.45, 7) is 0. The zero-order valence-corrected chi connectivity index (χ0v) is 4.35. The zero-order valence-electron chi connectivity index (χ0n) is 3.53. The lowest BCUT2D eigenvalue weighted by Crippen LogP contribution is -1.84. The number of hydrogen-bond donors (Lipinski definition) is 1. The van der Waals surface area contributed by atoms with Gasteiger partial charge in [-0.15, -0.1) is 0 Å². The molecule has 38 valence electrons. The third-order valence-electron chi connectivity index (χ3n) is 0.587. The normalized spacial score (nSPS) is 24.3. The molecule has 7 heavy (non-hydrogen) atoms. The number of hydrogen-bond acceptors (Lipinski definition) is 4. The van der Waals surface area contributed by atoms with Gasteiger partial charge in [0.1, 0.15) is 0 Å². The van der Waals surface area contributed by atoms with Crippen molar-refractivity contribution in [3.05, 3.63) is 0 Å². The predicted molar refractivity (Wildman–Crippen MR) is 30.2 cm³/mol. The summed E-state index contributed by atoms with van der Waals surface area (Å²) in [5.41, 5.74) is 0. The standard InChI is InChI=1S/C3H4N2OS/c6-5-3-1-4-2-7-3/h1,6H,2H2. The molecule has 0 aliphatic carbocycles. The van der Waals surface area contributed by atoms with Gasteiger partial charge in [-0.3, -0.25) is 4.99 Å². The van der Waals surface area contributed by atoms with Crippen LogP contribution in [0.15, 0.2) is 10.1 Å². The largest absolute Gasteiger partial charge is 0.410 e. The fourth-order valence-corrected chi connectivity index (χ4v) is 0.799. The molecule has 3 nitrogen and oxygen atoms in total. The van der Waals surface area contributed by atoms with Crippen molar-refractivity contribution in [1.29, 1.82) is 0 Å². The van der Waals surface area contributed by atoms with Crippen LogP contribution in [-0.2, 0) is 0 Å². The molecule has 0 radical (unpaired) electrons. The minimum absolute atomic E-state index is 0.597. The molecule has 0 spiro atoms. The lowest BCUT2D eigenvalue weighted by atomic mass is 10.8. The van der Waals surface area contributed by atoms with Gasteiger partial charge in [0.2, 0.25) is 0 Å². The van der Waals surface area contributed by atoms with Crippen molar-refractivity contribution in [3.8, 4) is 0 Å². The predicted octanol–water partition coefficient (Wildman–Crippen LogP) is 0.549. The second kappa shape index (κ2) is 1.97. The number of aliphatic imine (C=N–C) groups is 1. The quantitative estimate of drug-likeness (QED) is 0.371. The fraction of sp³-hybridized carbons (Fsp3) is 0.333. The van der Waals surface area contributed by atoms with Gasteiger partial charge >= 0.3 is 0 Å². The molecule has 0 saturated carbocycles. The summed E-state index contributed by atoms with van der Waals surface area (Å²) in [6, 6.07) is 0. The van der Waals surface area contributed by atoms with Crippen molar-refractivity contribution in [2.45, 2.75) is 0 Å². The van der Waals surface area contributed by atoms with Gasteiger partial charge in [0.25, 0.3) is 0 Å².